The van der Waals surface area contributed by atoms with Crippen molar-refractivity contribution in [2.24, 2.45) is 0 Å². The van der Waals surface area contributed by atoms with E-state index >= 15 is 0 Å². The molecule has 0 aromatic heterocycles. The zero-order valence-corrected chi connectivity index (χ0v) is 10.6. The van der Waals surface area contributed by atoms with Gasteiger partial charge in [0.1, 0.15) is 0 Å². The summed E-state index contributed by atoms with van der Waals surface area (Å²) in [5.41, 5.74) is -3.95. The minimum atomic E-state index is -4.48. The van der Waals surface area contributed by atoms with E-state index in [-0.39, 0.29) is 13.0 Å². The minimum Gasteiger partial charge on any atom is -0.277 e. The fraction of sp³-hybridized carbons (Fsp3) is 0.364. The number of nitrogens with zero attached hydrogens (tertiary/aromatic N) is 1. The van der Waals surface area contributed by atoms with E-state index < -0.39 is 28.2 Å². The average molecular weight is 296 g/mol. The third-order valence-electron chi connectivity index (χ3n) is 2.67. The van der Waals surface area contributed by atoms with Gasteiger partial charge in [-0.15, -0.1) is 11.6 Å². The Balaban J connectivity index is 2.21. The van der Waals surface area contributed by atoms with Gasteiger partial charge in [-0.3, -0.25) is 9.10 Å². The first-order valence-corrected chi connectivity index (χ1v) is 6.30. The van der Waals surface area contributed by atoms with Gasteiger partial charge in [-0.2, -0.15) is 13.2 Å². The SMILES string of the molecule is O=C1N(SC(F)(F)F)CCC1(Cl)c1ccccc1. The molecule has 0 aliphatic carbocycles. The highest BCUT2D eigenvalue weighted by atomic mass is 35.5. The Morgan fingerprint density at radius 2 is 1.89 bits per heavy atom. The Labute approximate surface area is 111 Å². The molecule has 0 bridgehead atoms. The van der Waals surface area contributed by atoms with Crippen molar-refractivity contribution in [1.82, 2.24) is 4.31 Å². The maximum Gasteiger partial charge on any atom is 0.461 e. The van der Waals surface area contributed by atoms with E-state index in [1.165, 1.54) is 0 Å². The first-order chi connectivity index (χ1) is 8.33. The molecule has 98 valence electrons. The van der Waals surface area contributed by atoms with Crippen LogP contribution in [0.25, 0.3) is 0 Å². The van der Waals surface area contributed by atoms with Gasteiger partial charge in [-0.25, -0.2) is 0 Å². The first kappa shape index (κ1) is 13.5. The molecule has 1 heterocycles. The lowest BCUT2D eigenvalue weighted by atomic mass is 9.97. The number of carbonyl (C=O) groups is 1. The molecule has 1 fully saturated rings. The largest absolute Gasteiger partial charge is 0.461 e. The number of hydrogen-bond donors (Lipinski definition) is 0. The predicted octanol–water partition coefficient (Wildman–Crippen LogP) is 3.52. The molecule has 1 aliphatic rings. The summed E-state index contributed by atoms with van der Waals surface area (Å²) in [4.78, 5) is 10.6. The van der Waals surface area contributed by atoms with E-state index in [1.54, 1.807) is 30.3 Å². The normalized spacial score (nSPS) is 24.7. The number of hydrogen-bond acceptors (Lipinski definition) is 2. The molecule has 1 aromatic rings. The van der Waals surface area contributed by atoms with Gasteiger partial charge in [0, 0.05) is 6.54 Å². The molecular formula is C11H9ClF3NOS. The molecule has 2 nitrogen and oxygen atoms in total. The Kier molecular flexibility index (Phi) is 3.51. The van der Waals surface area contributed by atoms with Crippen LogP contribution in [0.3, 0.4) is 0 Å². The van der Waals surface area contributed by atoms with Crippen LogP contribution in [0.5, 0.6) is 0 Å². The summed E-state index contributed by atoms with van der Waals surface area (Å²) >= 11 is 5.77. The van der Waals surface area contributed by atoms with Crippen molar-refractivity contribution in [2.45, 2.75) is 16.8 Å². The summed E-state index contributed by atoms with van der Waals surface area (Å²) in [5.74, 6) is -0.710. The van der Waals surface area contributed by atoms with Crippen LogP contribution < -0.4 is 0 Å². The van der Waals surface area contributed by atoms with Gasteiger partial charge >= 0.3 is 5.51 Å². The third kappa shape index (κ3) is 2.59. The van der Waals surface area contributed by atoms with Crippen LogP contribution in [0.15, 0.2) is 30.3 Å². The predicted molar refractivity (Wildman–Crippen MR) is 63.9 cm³/mol. The maximum atomic E-state index is 12.3. The zero-order valence-electron chi connectivity index (χ0n) is 9.08. The smallest absolute Gasteiger partial charge is 0.277 e. The molecule has 1 atom stereocenters. The Hall–Kier alpha value is -0.880. The third-order valence-corrected chi connectivity index (χ3v) is 4.01. The monoisotopic (exact) mass is 295 g/mol. The summed E-state index contributed by atoms with van der Waals surface area (Å²) < 4.78 is 37.5. The standard InChI is InChI=1S/C11H9ClF3NOS/c12-10(8-4-2-1-3-5-8)6-7-16(9(10)17)18-11(13,14)15/h1-5H,6-7H2. The molecule has 1 aromatic carbocycles. The van der Waals surface area contributed by atoms with Gasteiger partial charge in [0.15, 0.2) is 4.87 Å². The summed E-state index contributed by atoms with van der Waals surface area (Å²) in [6.45, 7) is -0.0125. The number of halogens is 4. The second-order valence-corrected chi connectivity index (χ2v) is 5.59. The number of benzene rings is 1. The average Bonchev–Trinajstić information content (AvgIpc) is 2.58. The van der Waals surface area contributed by atoms with Crippen LogP contribution in [0.4, 0.5) is 13.2 Å². The summed E-state index contributed by atoms with van der Waals surface area (Å²) in [6, 6.07) is 8.45. The van der Waals surface area contributed by atoms with E-state index in [0.717, 1.165) is 0 Å². The summed E-state index contributed by atoms with van der Waals surface area (Å²) in [7, 11) is 0. The maximum absolute atomic E-state index is 12.3. The second-order valence-electron chi connectivity index (χ2n) is 3.86. The van der Waals surface area contributed by atoms with E-state index in [9.17, 15) is 18.0 Å². The van der Waals surface area contributed by atoms with Gasteiger partial charge in [-0.05, 0) is 12.0 Å². The highest BCUT2D eigenvalue weighted by molar-refractivity contribution is 7.98. The van der Waals surface area contributed by atoms with Crippen LogP contribution in [-0.4, -0.2) is 22.3 Å². The molecule has 0 spiro atoms. The van der Waals surface area contributed by atoms with Crippen LogP contribution >= 0.6 is 23.5 Å². The van der Waals surface area contributed by atoms with Gasteiger partial charge in [0.05, 0.1) is 11.9 Å². The minimum absolute atomic E-state index is 0.0125. The Morgan fingerprint density at radius 3 is 2.44 bits per heavy atom. The van der Waals surface area contributed by atoms with Crippen molar-refractivity contribution in [3.63, 3.8) is 0 Å². The molecule has 2 rings (SSSR count). The molecule has 1 amide bonds. The Bertz CT molecular complexity index is 453. The van der Waals surface area contributed by atoms with E-state index in [4.69, 9.17) is 11.6 Å². The molecule has 1 aliphatic heterocycles. The van der Waals surface area contributed by atoms with Crippen LogP contribution in [0.2, 0.25) is 0 Å². The Morgan fingerprint density at radius 1 is 1.28 bits per heavy atom. The zero-order chi connectivity index (χ0) is 13.4. The number of rotatable bonds is 2. The fourth-order valence-electron chi connectivity index (χ4n) is 1.84. The van der Waals surface area contributed by atoms with Crippen LogP contribution in [-0.2, 0) is 9.67 Å². The molecule has 0 N–H and O–H groups in total. The highest BCUT2D eigenvalue weighted by Gasteiger charge is 2.50. The van der Waals surface area contributed by atoms with Crippen molar-refractivity contribution in [3.8, 4) is 0 Å². The topological polar surface area (TPSA) is 20.3 Å². The molecule has 0 radical (unpaired) electrons. The molecule has 0 saturated carbocycles. The van der Waals surface area contributed by atoms with Crippen molar-refractivity contribution in [3.05, 3.63) is 35.9 Å². The molecule has 7 heteroatoms. The van der Waals surface area contributed by atoms with Gasteiger partial charge in [-0.1, -0.05) is 30.3 Å². The van der Waals surface area contributed by atoms with Gasteiger partial charge in [0.25, 0.3) is 5.91 Å². The van der Waals surface area contributed by atoms with E-state index in [2.05, 4.69) is 0 Å². The lowest BCUT2D eigenvalue weighted by Crippen LogP contribution is -2.31. The van der Waals surface area contributed by atoms with Crippen LogP contribution in [0, 0.1) is 0 Å². The lowest BCUT2D eigenvalue weighted by molar-refractivity contribution is -0.126. The van der Waals surface area contributed by atoms with Crippen LogP contribution in [0.1, 0.15) is 12.0 Å². The second kappa shape index (κ2) is 4.66. The first-order valence-electron chi connectivity index (χ1n) is 5.15. The molecule has 18 heavy (non-hydrogen) atoms. The highest BCUT2D eigenvalue weighted by Crippen LogP contribution is 2.45. The van der Waals surface area contributed by atoms with Gasteiger partial charge < -0.3 is 0 Å². The molecular weight excluding hydrogens is 287 g/mol. The lowest BCUT2D eigenvalue weighted by Gasteiger charge is -2.21. The van der Waals surface area contributed by atoms with Crippen molar-refractivity contribution < 1.29 is 18.0 Å². The van der Waals surface area contributed by atoms with E-state index in [0.29, 0.717) is 9.87 Å². The number of carbonyl (C=O) groups excluding carboxylic acids is 1. The van der Waals surface area contributed by atoms with Crippen molar-refractivity contribution >= 4 is 29.5 Å². The van der Waals surface area contributed by atoms with Crippen molar-refractivity contribution in [2.75, 3.05) is 6.54 Å². The molecule has 1 saturated heterocycles. The number of amides is 1. The quantitative estimate of drug-likeness (QED) is 0.614. The summed E-state index contributed by atoms with van der Waals surface area (Å²) in [6.07, 6.45) is 0.167. The van der Waals surface area contributed by atoms with E-state index in [1.807, 2.05) is 0 Å². The summed E-state index contributed by atoms with van der Waals surface area (Å²) in [5, 5.41) is 0. The van der Waals surface area contributed by atoms with Crippen molar-refractivity contribution in [1.29, 1.82) is 0 Å². The number of alkyl halides is 4. The van der Waals surface area contributed by atoms with Gasteiger partial charge in [0.2, 0.25) is 0 Å². The molecule has 1 unspecified atom stereocenters. The fourth-order valence-corrected chi connectivity index (χ4v) is 2.88.